The van der Waals surface area contributed by atoms with E-state index in [0.717, 1.165) is 0 Å². The predicted octanol–water partition coefficient (Wildman–Crippen LogP) is -0.761. The summed E-state index contributed by atoms with van der Waals surface area (Å²) in [4.78, 5) is 9.42. The maximum atomic E-state index is 10.5. The average molecular weight is 228 g/mol. The molecule has 0 saturated heterocycles. The quantitative estimate of drug-likeness (QED) is 0.293. The van der Waals surface area contributed by atoms with Crippen molar-refractivity contribution >= 4 is 11.3 Å². The van der Waals surface area contributed by atoms with Crippen molar-refractivity contribution in [3.05, 3.63) is 0 Å². The zero-order valence-electron chi connectivity index (χ0n) is 8.13. The van der Waals surface area contributed by atoms with E-state index in [4.69, 9.17) is 9.68 Å². The van der Waals surface area contributed by atoms with Gasteiger partial charge in [-0.1, -0.05) is 0 Å². The minimum atomic E-state index is -2.58. The molecule has 0 bridgehead atoms. The van der Waals surface area contributed by atoms with Gasteiger partial charge in [-0.05, 0) is 0 Å². The number of methoxy groups -OCH3 is 2. The Balaban J connectivity index is 3.61. The Labute approximate surface area is 85.2 Å². The second-order valence-electron chi connectivity index (χ2n) is 2.09. The summed E-state index contributed by atoms with van der Waals surface area (Å²) in [6, 6.07) is 0. The van der Waals surface area contributed by atoms with E-state index in [1.807, 2.05) is 0 Å². The summed E-state index contributed by atoms with van der Waals surface area (Å²) in [5.41, 5.74) is 0. The van der Waals surface area contributed by atoms with Crippen molar-refractivity contribution in [2.24, 2.45) is 0 Å². The van der Waals surface area contributed by atoms with Crippen molar-refractivity contribution in [3.8, 4) is 0 Å². The largest absolute Gasteiger partial charge is 0.756 e. The molecule has 0 aromatic heterocycles. The molecule has 86 valence electrons. The van der Waals surface area contributed by atoms with Crippen LogP contribution in [-0.2, 0) is 30.4 Å². The molecular formula is C6H14NO6S-. The zero-order chi connectivity index (χ0) is 10.8. The van der Waals surface area contributed by atoms with Gasteiger partial charge in [-0.25, -0.2) is 0 Å². The van der Waals surface area contributed by atoms with Crippen LogP contribution >= 0.6 is 0 Å². The van der Waals surface area contributed by atoms with Crippen molar-refractivity contribution in [3.63, 3.8) is 0 Å². The molecule has 0 aliphatic rings. The average Bonchev–Trinajstić information content (AvgIpc) is 2.15. The first-order chi connectivity index (χ1) is 6.72. The molecule has 1 atom stereocenters. The fraction of sp³-hybridized carbons (Fsp3) is 1.00. The highest BCUT2D eigenvalue weighted by atomic mass is 32.2. The molecule has 14 heavy (non-hydrogen) atoms. The van der Waals surface area contributed by atoms with Crippen LogP contribution in [0.5, 0.6) is 0 Å². The minimum Gasteiger partial charge on any atom is -0.756 e. The van der Waals surface area contributed by atoms with Crippen molar-refractivity contribution in [2.45, 2.75) is 0 Å². The summed E-state index contributed by atoms with van der Waals surface area (Å²) < 4.78 is 30.7. The van der Waals surface area contributed by atoms with E-state index in [2.05, 4.69) is 9.47 Å². The predicted molar refractivity (Wildman–Crippen MR) is 46.4 cm³/mol. The molecule has 8 heteroatoms. The molecule has 0 radical (unpaired) electrons. The maximum Gasteiger partial charge on any atom is 0.0955 e. The Bertz CT molecular complexity index is 147. The molecule has 0 amide bonds. The smallest absolute Gasteiger partial charge is 0.0955 e. The Morgan fingerprint density at radius 2 is 1.50 bits per heavy atom. The van der Waals surface area contributed by atoms with Gasteiger partial charge in [-0.15, -0.1) is 0 Å². The van der Waals surface area contributed by atoms with E-state index >= 15 is 0 Å². The highest BCUT2D eigenvalue weighted by Gasteiger charge is 2.05. The van der Waals surface area contributed by atoms with Gasteiger partial charge >= 0.3 is 0 Å². The lowest BCUT2D eigenvalue weighted by atomic mass is 10.8. The Kier molecular flexibility index (Phi) is 9.40. The number of hydrogen-bond acceptors (Lipinski definition) is 6. The Hall–Kier alpha value is -0.0900. The van der Waals surface area contributed by atoms with Crippen LogP contribution in [0.25, 0.3) is 0 Å². The molecular weight excluding hydrogens is 214 g/mol. The van der Waals surface area contributed by atoms with Crippen LogP contribution in [-0.4, -0.2) is 54.0 Å². The van der Waals surface area contributed by atoms with E-state index in [-0.39, 0.29) is 26.4 Å². The van der Waals surface area contributed by atoms with Crippen LogP contribution in [0.4, 0.5) is 0 Å². The topological polar surface area (TPSA) is 80.3 Å². The molecule has 0 aromatic carbocycles. The first kappa shape index (κ1) is 13.9. The summed E-state index contributed by atoms with van der Waals surface area (Å²) in [6.45, 7) is 0.748. The molecule has 1 unspecified atom stereocenters. The number of rotatable bonds is 9. The van der Waals surface area contributed by atoms with Crippen molar-refractivity contribution in [1.82, 2.24) is 4.63 Å². The van der Waals surface area contributed by atoms with Gasteiger partial charge in [0.1, 0.15) is 0 Å². The van der Waals surface area contributed by atoms with E-state index in [0.29, 0.717) is 4.63 Å². The lowest BCUT2D eigenvalue weighted by Crippen LogP contribution is -2.29. The van der Waals surface area contributed by atoms with Gasteiger partial charge in [0.25, 0.3) is 0 Å². The summed E-state index contributed by atoms with van der Waals surface area (Å²) in [6.07, 6.45) is 0. The van der Waals surface area contributed by atoms with Crippen molar-refractivity contribution < 1.29 is 27.9 Å². The van der Waals surface area contributed by atoms with Gasteiger partial charge in [0.05, 0.1) is 37.7 Å². The second-order valence-corrected chi connectivity index (χ2v) is 2.83. The van der Waals surface area contributed by atoms with E-state index in [9.17, 15) is 8.76 Å². The summed E-state index contributed by atoms with van der Waals surface area (Å²) in [5, 5.41) is 0. The van der Waals surface area contributed by atoms with Crippen molar-refractivity contribution in [2.75, 3.05) is 40.6 Å². The minimum absolute atomic E-state index is 0.0947. The third kappa shape index (κ3) is 7.33. The van der Waals surface area contributed by atoms with Crippen LogP contribution in [0.1, 0.15) is 0 Å². The number of hydrogen-bond donors (Lipinski definition) is 0. The summed E-state index contributed by atoms with van der Waals surface area (Å²) in [7, 11) is 2.96. The first-order valence-electron chi connectivity index (χ1n) is 3.85. The Morgan fingerprint density at radius 1 is 1.07 bits per heavy atom. The molecule has 0 aliphatic carbocycles. The van der Waals surface area contributed by atoms with Gasteiger partial charge in [0.15, 0.2) is 0 Å². The van der Waals surface area contributed by atoms with Gasteiger partial charge < -0.3 is 14.0 Å². The van der Waals surface area contributed by atoms with Crippen LogP contribution in [0.3, 0.4) is 0 Å². The van der Waals surface area contributed by atoms with E-state index < -0.39 is 11.3 Å². The van der Waals surface area contributed by atoms with Crippen LogP contribution in [0.15, 0.2) is 0 Å². The van der Waals surface area contributed by atoms with Gasteiger partial charge in [0, 0.05) is 18.9 Å². The van der Waals surface area contributed by atoms with Gasteiger partial charge in [-0.3, -0.25) is 13.9 Å². The van der Waals surface area contributed by atoms with E-state index in [1.165, 1.54) is 14.2 Å². The zero-order valence-corrected chi connectivity index (χ0v) is 8.95. The molecule has 0 rings (SSSR count). The fourth-order valence-corrected chi connectivity index (χ4v) is 0.835. The van der Waals surface area contributed by atoms with Gasteiger partial charge in [0.2, 0.25) is 0 Å². The summed E-state index contributed by atoms with van der Waals surface area (Å²) >= 11 is -2.58. The monoisotopic (exact) mass is 228 g/mol. The molecule has 7 nitrogen and oxygen atoms in total. The van der Waals surface area contributed by atoms with Crippen LogP contribution in [0, 0.1) is 0 Å². The molecule has 0 saturated carbocycles. The molecule has 0 spiro atoms. The third-order valence-corrected chi connectivity index (χ3v) is 1.54. The maximum absolute atomic E-state index is 10.5. The number of ether oxygens (including phenoxy) is 2. The lowest BCUT2D eigenvalue weighted by molar-refractivity contribution is -0.307. The Morgan fingerprint density at radius 3 is 1.79 bits per heavy atom. The second kappa shape index (κ2) is 9.46. The third-order valence-electron chi connectivity index (χ3n) is 1.09. The van der Waals surface area contributed by atoms with Crippen molar-refractivity contribution in [1.29, 1.82) is 0 Å². The van der Waals surface area contributed by atoms with Crippen LogP contribution in [0.2, 0.25) is 0 Å². The highest BCUT2D eigenvalue weighted by Crippen LogP contribution is 1.95. The highest BCUT2D eigenvalue weighted by molar-refractivity contribution is 7.76. The summed E-state index contributed by atoms with van der Waals surface area (Å²) in [5.74, 6) is 0. The SMILES string of the molecule is COCCON(OCCOC)S(=O)[O-]. The fourth-order valence-electron chi connectivity index (χ4n) is 0.514. The molecule has 0 aliphatic heterocycles. The van der Waals surface area contributed by atoms with E-state index in [1.54, 1.807) is 0 Å². The first-order valence-corrected chi connectivity index (χ1v) is 4.88. The lowest BCUT2D eigenvalue weighted by Gasteiger charge is -2.21. The molecule has 0 heterocycles. The standard InChI is InChI=1S/C6H15NO6S/c1-10-3-5-12-7(14(8)9)13-6-4-11-2/h3-6H2,1-2H3,(H,8,9)/p-1. The normalized spacial score (nSPS) is 13.4. The molecule has 0 N–H and O–H groups in total. The molecule has 0 aromatic rings. The van der Waals surface area contributed by atoms with Gasteiger partial charge in [-0.2, -0.15) is 0 Å². The van der Waals surface area contributed by atoms with Crippen LogP contribution < -0.4 is 0 Å². The molecule has 0 fully saturated rings. The number of nitrogens with zero attached hydrogens (tertiary/aromatic N) is 1.